The number of hydrazone groups is 1. The number of hydrogen-bond acceptors (Lipinski definition) is 4. The first kappa shape index (κ1) is 18.9. The number of rotatable bonds is 6. The highest BCUT2D eigenvalue weighted by atomic mass is 35.5. The van der Waals surface area contributed by atoms with Gasteiger partial charge in [0.15, 0.2) is 0 Å². The Labute approximate surface area is 166 Å². The number of nitrogens with zero attached hydrogens (tertiary/aromatic N) is 2. The highest BCUT2D eigenvalue weighted by Gasteiger charge is 2.04. The summed E-state index contributed by atoms with van der Waals surface area (Å²) >= 11 is 12.0. The fraction of sp³-hybridized carbons (Fsp3) is 0.0500. The van der Waals surface area contributed by atoms with E-state index in [0.29, 0.717) is 28.0 Å². The van der Waals surface area contributed by atoms with E-state index in [4.69, 9.17) is 27.9 Å². The van der Waals surface area contributed by atoms with E-state index >= 15 is 0 Å². The summed E-state index contributed by atoms with van der Waals surface area (Å²) in [4.78, 5) is 15.8. The third-order valence-corrected chi connectivity index (χ3v) is 4.18. The first-order valence-electron chi connectivity index (χ1n) is 8.02. The summed E-state index contributed by atoms with van der Waals surface area (Å²) in [6, 6.07) is 15.8. The van der Waals surface area contributed by atoms with E-state index < -0.39 is 0 Å². The minimum Gasteiger partial charge on any atom is -0.489 e. The second-order valence-electron chi connectivity index (χ2n) is 5.53. The van der Waals surface area contributed by atoms with Gasteiger partial charge in [0.25, 0.3) is 5.91 Å². The van der Waals surface area contributed by atoms with E-state index in [2.05, 4.69) is 15.5 Å². The topological polar surface area (TPSA) is 63.6 Å². The number of halogens is 2. The number of carbonyl (C=O) groups is 1. The van der Waals surface area contributed by atoms with Gasteiger partial charge in [0.2, 0.25) is 0 Å². The number of carbonyl (C=O) groups excluding carboxylic acids is 1. The van der Waals surface area contributed by atoms with Crippen molar-refractivity contribution in [1.29, 1.82) is 0 Å². The summed E-state index contributed by atoms with van der Waals surface area (Å²) in [7, 11) is 0. The average Bonchev–Trinajstić information content (AvgIpc) is 2.68. The number of nitrogens with one attached hydrogen (secondary N) is 1. The number of benzene rings is 2. The minimum atomic E-state index is -0.307. The van der Waals surface area contributed by atoms with Crippen molar-refractivity contribution in [3.8, 4) is 5.75 Å². The zero-order valence-corrected chi connectivity index (χ0v) is 15.6. The summed E-state index contributed by atoms with van der Waals surface area (Å²) in [6.07, 6.45) is 4.64. The number of hydrogen-bond donors (Lipinski definition) is 1. The van der Waals surface area contributed by atoms with Gasteiger partial charge < -0.3 is 4.74 Å². The third kappa shape index (κ3) is 5.54. The molecule has 0 bridgehead atoms. The standard InChI is InChI=1S/C20H15Cl2N3O2/c21-17-5-4-16(19(22)11-17)13-27-18-3-1-2-14(10-18)12-24-25-20(26)15-6-8-23-9-7-15/h1-12H,13H2,(H,25,26)/b24-12-. The van der Waals surface area contributed by atoms with Crippen LogP contribution in [0.3, 0.4) is 0 Å². The van der Waals surface area contributed by atoms with Crippen molar-refractivity contribution < 1.29 is 9.53 Å². The van der Waals surface area contributed by atoms with Gasteiger partial charge in [-0.2, -0.15) is 5.10 Å². The van der Waals surface area contributed by atoms with Crippen LogP contribution in [0.25, 0.3) is 0 Å². The molecule has 27 heavy (non-hydrogen) atoms. The molecular formula is C20H15Cl2N3O2. The normalized spacial score (nSPS) is 10.7. The van der Waals surface area contributed by atoms with Crippen molar-refractivity contribution in [1.82, 2.24) is 10.4 Å². The molecule has 0 aliphatic rings. The summed E-state index contributed by atoms with van der Waals surface area (Å²) in [6.45, 7) is 0.315. The van der Waals surface area contributed by atoms with Crippen LogP contribution in [0.4, 0.5) is 0 Å². The number of aromatic nitrogens is 1. The maximum atomic E-state index is 11.9. The maximum Gasteiger partial charge on any atom is 0.271 e. The first-order chi connectivity index (χ1) is 13.1. The van der Waals surface area contributed by atoms with Crippen LogP contribution in [-0.4, -0.2) is 17.1 Å². The van der Waals surface area contributed by atoms with Gasteiger partial charge in [-0.25, -0.2) is 5.43 Å². The van der Waals surface area contributed by atoms with Crippen molar-refractivity contribution in [3.05, 3.63) is 93.7 Å². The summed E-state index contributed by atoms with van der Waals surface area (Å²) in [5.41, 5.74) is 4.57. The van der Waals surface area contributed by atoms with Gasteiger partial charge >= 0.3 is 0 Å². The van der Waals surface area contributed by atoms with E-state index in [1.807, 2.05) is 30.3 Å². The second kappa shape index (κ2) is 9.16. The first-order valence-corrected chi connectivity index (χ1v) is 8.77. The lowest BCUT2D eigenvalue weighted by atomic mass is 10.2. The lowest BCUT2D eigenvalue weighted by Gasteiger charge is -2.08. The quantitative estimate of drug-likeness (QED) is 0.481. The molecule has 0 aliphatic carbocycles. The molecule has 1 aromatic heterocycles. The molecule has 0 aliphatic heterocycles. The van der Waals surface area contributed by atoms with Gasteiger partial charge in [-0.15, -0.1) is 0 Å². The van der Waals surface area contributed by atoms with Crippen LogP contribution in [0.15, 0.2) is 72.1 Å². The van der Waals surface area contributed by atoms with Crippen LogP contribution in [0, 0.1) is 0 Å². The molecule has 0 unspecified atom stereocenters. The predicted octanol–water partition coefficient (Wildman–Crippen LogP) is 4.73. The Morgan fingerprint density at radius 1 is 1.11 bits per heavy atom. The van der Waals surface area contributed by atoms with Crippen molar-refractivity contribution in [3.63, 3.8) is 0 Å². The maximum absolute atomic E-state index is 11.9. The molecule has 0 radical (unpaired) electrons. The van der Waals surface area contributed by atoms with Crippen LogP contribution < -0.4 is 10.2 Å². The molecule has 0 saturated heterocycles. The highest BCUT2D eigenvalue weighted by molar-refractivity contribution is 6.35. The monoisotopic (exact) mass is 399 g/mol. The van der Waals surface area contributed by atoms with Gasteiger partial charge in [-0.05, 0) is 42.0 Å². The molecule has 136 valence electrons. The lowest BCUT2D eigenvalue weighted by Crippen LogP contribution is -2.17. The van der Waals surface area contributed by atoms with E-state index in [0.717, 1.165) is 11.1 Å². The fourth-order valence-corrected chi connectivity index (χ4v) is 2.68. The summed E-state index contributed by atoms with van der Waals surface area (Å²) in [5, 5.41) is 5.10. The zero-order valence-electron chi connectivity index (χ0n) is 14.1. The van der Waals surface area contributed by atoms with Gasteiger partial charge in [0.1, 0.15) is 12.4 Å². The summed E-state index contributed by atoms with van der Waals surface area (Å²) < 4.78 is 5.77. The Bertz CT molecular complexity index is 962. The smallest absolute Gasteiger partial charge is 0.271 e. The molecule has 0 saturated carbocycles. The Balaban J connectivity index is 1.59. The van der Waals surface area contributed by atoms with Crippen molar-refractivity contribution in [2.75, 3.05) is 0 Å². The molecule has 7 heteroatoms. The Morgan fingerprint density at radius 3 is 2.70 bits per heavy atom. The van der Waals surface area contributed by atoms with Crippen molar-refractivity contribution in [2.24, 2.45) is 5.10 Å². The molecule has 3 aromatic rings. The molecule has 0 atom stereocenters. The molecule has 1 amide bonds. The molecule has 3 rings (SSSR count). The number of pyridine rings is 1. The van der Waals surface area contributed by atoms with Crippen LogP contribution >= 0.6 is 23.2 Å². The van der Waals surface area contributed by atoms with Gasteiger partial charge in [-0.1, -0.05) is 41.4 Å². The lowest BCUT2D eigenvalue weighted by molar-refractivity contribution is 0.0955. The molecular weight excluding hydrogens is 385 g/mol. The van der Waals surface area contributed by atoms with Gasteiger partial charge in [-0.3, -0.25) is 9.78 Å². The largest absolute Gasteiger partial charge is 0.489 e. The number of ether oxygens (including phenoxy) is 1. The van der Waals surface area contributed by atoms with Crippen LogP contribution in [0.1, 0.15) is 21.5 Å². The number of amides is 1. The SMILES string of the molecule is O=C(N/N=C\c1cccc(OCc2ccc(Cl)cc2Cl)c1)c1ccncc1. The van der Waals surface area contributed by atoms with Crippen molar-refractivity contribution in [2.45, 2.75) is 6.61 Å². The van der Waals surface area contributed by atoms with Crippen molar-refractivity contribution >= 4 is 35.3 Å². The van der Waals surface area contributed by atoms with Crippen LogP contribution in [-0.2, 0) is 6.61 Å². The zero-order chi connectivity index (χ0) is 19.1. The Hall–Kier alpha value is -2.89. The summed E-state index contributed by atoms with van der Waals surface area (Å²) in [5.74, 6) is 0.351. The Morgan fingerprint density at radius 2 is 1.93 bits per heavy atom. The molecule has 5 nitrogen and oxygen atoms in total. The van der Waals surface area contributed by atoms with Gasteiger partial charge in [0.05, 0.1) is 6.21 Å². The third-order valence-electron chi connectivity index (χ3n) is 3.59. The molecule has 2 aromatic carbocycles. The minimum absolute atomic E-state index is 0.307. The van der Waals surface area contributed by atoms with Gasteiger partial charge in [0, 0.05) is 33.6 Å². The predicted molar refractivity (Wildman–Crippen MR) is 107 cm³/mol. The highest BCUT2D eigenvalue weighted by Crippen LogP contribution is 2.23. The van der Waals surface area contributed by atoms with E-state index in [1.165, 1.54) is 0 Å². The fourth-order valence-electron chi connectivity index (χ4n) is 2.22. The van der Waals surface area contributed by atoms with E-state index in [-0.39, 0.29) is 5.91 Å². The van der Waals surface area contributed by atoms with E-state index in [1.54, 1.807) is 42.9 Å². The van der Waals surface area contributed by atoms with Crippen LogP contribution in [0.2, 0.25) is 10.0 Å². The van der Waals surface area contributed by atoms with E-state index in [9.17, 15) is 4.79 Å². The van der Waals surface area contributed by atoms with Crippen LogP contribution in [0.5, 0.6) is 5.75 Å². The molecule has 0 spiro atoms. The Kier molecular flexibility index (Phi) is 6.41. The average molecular weight is 400 g/mol. The second-order valence-corrected chi connectivity index (χ2v) is 6.38. The molecule has 1 heterocycles. The molecule has 0 fully saturated rings. The molecule has 1 N–H and O–H groups in total.